The van der Waals surface area contributed by atoms with Gasteiger partial charge in [-0.2, -0.15) is 13.2 Å². The van der Waals surface area contributed by atoms with Gasteiger partial charge in [0.2, 0.25) is 0 Å². The van der Waals surface area contributed by atoms with E-state index in [4.69, 9.17) is 5.11 Å². The summed E-state index contributed by atoms with van der Waals surface area (Å²) < 4.78 is 41.1. The van der Waals surface area contributed by atoms with Gasteiger partial charge in [0.15, 0.2) is 6.61 Å². The van der Waals surface area contributed by atoms with Crippen LogP contribution in [0.1, 0.15) is 25.7 Å². The van der Waals surface area contributed by atoms with Gasteiger partial charge in [0.05, 0.1) is 5.92 Å². The average molecular weight is 360 g/mol. The van der Waals surface area contributed by atoms with E-state index in [0.29, 0.717) is 31.4 Å². The van der Waals surface area contributed by atoms with Crippen LogP contribution in [-0.2, 0) is 4.79 Å². The monoisotopic (exact) mass is 360 g/mol. The molecule has 1 aromatic carbocycles. The van der Waals surface area contributed by atoms with Crippen LogP contribution in [0.3, 0.4) is 0 Å². The van der Waals surface area contributed by atoms with Gasteiger partial charge in [-0.3, -0.25) is 4.79 Å². The minimum Gasteiger partial charge on any atom is -0.484 e. The number of anilines is 1. The number of benzene rings is 1. The highest BCUT2D eigenvalue weighted by atomic mass is 19.4. The molecule has 1 aromatic rings. The number of carboxylic acid groups (broad SMARTS) is 1. The van der Waals surface area contributed by atoms with Gasteiger partial charge in [0.1, 0.15) is 5.75 Å². The first-order valence-corrected chi connectivity index (χ1v) is 7.83. The predicted octanol–water partition coefficient (Wildman–Crippen LogP) is 3.39. The highest BCUT2D eigenvalue weighted by Gasteiger charge is 2.28. The Morgan fingerprint density at radius 3 is 2.48 bits per heavy atom. The quantitative estimate of drug-likeness (QED) is 0.751. The molecule has 0 radical (unpaired) electrons. The molecule has 25 heavy (non-hydrogen) atoms. The minimum atomic E-state index is -4.43. The summed E-state index contributed by atoms with van der Waals surface area (Å²) in [5.41, 5.74) is 0.302. The van der Waals surface area contributed by atoms with Gasteiger partial charge in [0, 0.05) is 17.8 Å². The lowest BCUT2D eigenvalue weighted by Crippen LogP contribution is -2.40. The zero-order valence-electron chi connectivity index (χ0n) is 13.3. The lowest BCUT2D eigenvalue weighted by Gasteiger charge is -2.26. The Kier molecular flexibility index (Phi) is 6.11. The van der Waals surface area contributed by atoms with Crippen molar-refractivity contribution in [3.8, 4) is 5.75 Å². The van der Waals surface area contributed by atoms with E-state index < -0.39 is 24.8 Å². The molecule has 2 rings (SSSR count). The molecule has 0 atom stereocenters. The first kappa shape index (κ1) is 18.9. The molecule has 1 fully saturated rings. The first-order valence-electron chi connectivity index (χ1n) is 7.83. The van der Waals surface area contributed by atoms with Crippen LogP contribution < -0.4 is 15.4 Å². The van der Waals surface area contributed by atoms with E-state index in [2.05, 4.69) is 15.4 Å². The van der Waals surface area contributed by atoms with E-state index in [-0.39, 0.29) is 17.7 Å². The molecule has 1 aliphatic carbocycles. The number of urea groups is 1. The number of ether oxygens (including phenoxy) is 1. The Morgan fingerprint density at radius 1 is 1.20 bits per heavy atom. The summed E-state index contributed by atoms with van der Waals surface area (Å²) in [5.74, 6) is -1.20. The van der Waals surface area contributed by atoms with Gasteiger partial charge < -0.3 is 20.5 Å². The van der Waals surface area contributed by atoms with Crippen molar-refractivity contribution in [2.24, 2.45) is 5.92 Å². The average Bonchev–Trinajstić information content (AvgIpc) is 2.53. The van der Waals surface area contributed by atoms with Crippen molar-refractivity contribution in [2.75, 3.05) is 11.9 Å². The summed E-state index contributed by atoms with van der Waals surface area (Å²) >= 11 is 0. The number of carbonyl (C=O) groups is 2. The number of carbonyl (C=O) groups excluding carboxylic acids is 1. The second-order valence-electron chi connectivity index (χ2n) is 5.92. The molecule has 3 N–H and O–H groups in total. The normalized spacial score (nSPS) is 20.6. The number of hydrogen-bond acceptors (Lipinski definition) is 3. The number of amides is 2. The Hall–Kier alpha value is -2.45. The zero-order chi connectivity index (χ0) is 18.4. The van der Waals surface area contributed by atoms with Gasteiger partial charge in [-0.25, -0.2) is 4.79 Å². The summed E-state index contributed by atoms with van der Waals surface area (Å²) in [6, 6.07) is 5.04. The Balaban J connectivity index is 1.81. The lowest BCUT2D eigenvalue weighted by atomic mass is 9.86. The van der Waals surface area contributed by atoms with Crippen LogP contribution in [0.4, 0.5) is 23.7 Å². The van der Waals surface area contributed by atoms with Crippen LogP contribution in [-0.4, -0.2) is 35.9 Å². The maximum atomic E-state index is 12.1. The number of carboxylic acids is 1. The summed E-state index contributed by atoms with van der Waals surface area (Å²) in [4.78, 5) is 22.9. The molecule has 1 aliphatic rings. The third kappa shape index (κ3) is 6.52. The highest BCUT2D eigenvalue weighted by molar-refractivity contribution is 5.89. The molecule has 0 aliphatic heterocycles. The summed E-state index contributed by atoms with van der Waals surface area (Å²) in [5, 5.41) is 14.2. The fraction of sp³-hybridized carbons (Fsp3) is 0.500. The minimum absolute atomic E-state index is 0.00269. The number of aliphatic carboxylic acids is 1. The molecule has 1 saturated carbocycles. The number of halogens is 3. The SMILES string of the molecule is O=C(Nc1cccc(OCC(F)(F)F)c1)NC1CCC(C(=O)O)CC1. The summed E-state index contributed by atoms with van der Waals surface area (Å²) in [6.07, 6.45) is -2.30. The van der Waals surface area contributed by atoms with Crippen molar-refractivity contribution >= 4 is 17.7 Å². The van der Waals surface area contributed by atoms with Crippen LogP contribution in [0.5, 0.6) is 5.75 Å². The predicted molar refractivity (Wildman–Crippen MR) is 83.5 cm³/mol. The molecule has 0 heterocycles. The van der Waals surface area contributed by atoms with Crippen molar-refractivity contribution in [1.82, 2.24) is 5.32 Å². The van der Waals surface area contributed by atoms with Crippen molar-refractivity contribution in [1.29, 1.82) is 0 Å². The second-order valence-corrected chi connectivity index (χ2v) is 5.92. The number of nitrogens with one attached hydrogen (secondary N) is 2. The topological polar surface area (TPSA) is 87.7 Å². The number of rotatable bonds is 5. The van der Waals surface area contributed by atoms with Gasteiger partial charge >= 0.3 is 18.2 Å². The van der Waals surface area contributed by atoms with Crippen molar-refractivity contribution in [2.45, 2.75) is 37.9 Å². The molecule has 0 saturated heterocycles. The van der Waals surface area contributed by atoms with Crippen molar-refractivity contribution in [3.63, 3.8) is 0 Å². The smallest absolute Gasteiger partial charge is 0.422 e. The van der Waals surface area contributed by atoms with E-state index in [9.17, 15) is 22.8 Å². The third-order valence-corrected chi connectivity index (χ3v) is 3.91. The largest absolute Gasteiger partial charge is 0.484 e. The maximum absolute atomic E-state index is 12.1. The lowest BCUT2D eigenvalue weighted by molar-refractivity contribution is -0.153. The number of alkyl halides is 3. The molecule has 2 amide bonds. The second kappa shape index (κ2) is 8.09. The van der Waals surface area contributed by atoms with Crippen molar-refractivity contribution in [3.05, 3.63) is 24.3 Å². The molecule has 0 aromatic heterocycles. The Morgan fingerprint density at radius 2 is 1.88 bits per heavy atom. The standard InChI is InChI=1S/C16H19F3N2O4/c17-16(18,19)9-25-13-3-1-2-12(8-13)21-15(24)20-11-6-4-10(5-7-11)14(22)23/h1-3,8,10-11H,4-7,9H2,(H,22,23)(H2,20,21,24). The zero-order valence-corrected chi connectivity index (χ0v) is 13.3. The van der Waals surface area contributed by atoms with Gasteiger partial charge in [-0.15, -0.1) is 0 Å². The molecule has 0 spiro atoms. The summed E-state index contributed by atoms with van der Waals surface area (Å²) in [7, 11) is 0. The van der Waals surface area contributed by atoms with Gasteiger partial charge in [-0.1, -0.05) is 6.07 Å². The fourth-order valence-electron chi connectivity index (χ4n) is 2.67. The molecule has 6 nitrogen and oxygen atoms in total. The van der Waals surface area contributed by atoms with E-state index in [1.807, 2.05) is 0 Å². The first-order chi connectivity index (χ1) is 11.7. The third-order valence-electron chi connectivity index (χ3n) is 3.91. The van der Waals surface area contributed by atoms with E-state index >= 15 is 0 Å². The Bertz CT molecular complexity index is 614. The molecule has 0 bridgehead atoms. The molecule has 138 valence electrons. The molecular weight excluding hydrogens is 341 g/mol. The van der Waals surface area contributed by atoms with Gasteiger partial charge in [-0.05, 0) is 37.8 Å². The van der Waals surface area contributed by atoms with Crippen molar-refractivity contribution < 1.29 is 32.6 Å². The van der Waals surface area contributed by atoms with E-state index in [0.717, 1.165) is 0 Å². The number of hydrogen-bond donors (Lipinski definition) is 3. The Labute approximate surface area is 142 Å². The highest BCUT2D eigenvalue weighted by Crippen LogP contribution is 2.25. The fourth-order valence-corrected chi connectivity index (χ4v) is 2.67. The molecular formula is C16H19F3N2O4. The van der Waals surface area contributed by atoms with Crippen LogP contribution in [0.15, 0.2) is 24.3 Å². The van der Waals surface area contributed by atoms with Crippen LogP contribution in [0, 0.1) is 5.92 Å². The van der Waals surface area contributed by atoms with Crippen LogP contribution in [0.2, 0.25) is 0 Å². The maximum Gasteiger partial charge on any atom is 0.422 e. The molecule has 9 heteroatoms. The summed E-state index contributed by atoms with van der Waals surface area (Å²) in [6.45, 7) is -1.41. The van der Waals surface area contributed by atoms with Crippen LogP contribution >= 0.6 is 0 Å². The van der Waals surface area contributed by atoms with E-state index in [1.54, 1.807) is 0 Å². The molecule has 0 unspecified atom stereocenters. The van der Waals surface area contributed by atoms with Gasteiger partial charge in [0.25, 0.3) is 0 Å². The van der Waals surface area contributed by atoms with E-state index in [1.165, 1.54) is 24.3 Å². The van der Waals surface area contributed by atoms with Crippen LogP contribution in [0.25, 0.3) is 0 Å².